The van der Waals surface area contributed by atoms with Gasteiger partial charge in [0.2, 0.25) is 0 Å². The predicted molar refractivity (Wildman–Crippen MR) is 71.3 cm³/mol. The number of hydrogen-bond acceptors (Lipinski definition) is 2. The van der Waals surface area contributed by atoms with Crippen molar-refractivity contribution in [2.75, 3.05) is 0 Å². The molecular formula is C9H9BrClN3S. The zero-order chi connectivity index (χ0) is 11.4. The molecule has 0 aliphatic carbocycles. The highest BCUT2D eigenvalue weighted by Gasteiger charge is 2.04. The molecule has 0 unspecified atom stereocenters. The van der Waals surface area contributed by atoms with Crippen LogP contribution in [-0.2, 0) is 0 Å². The van der Waals surface area contributed by atoms with Crippen molar-refractivity contribution in [3.05, 3.63) is 33.3 Å². The number of halogens is 2. The molecule has 0 saturated heterocycles. The molecule has 80 valence electrons. The molecule has 0 radical (unpaired) electrons. The van der Waals surface area contributed by atoms with Gasteiger partial charge in [-0.3, -0.25) is 5.43 Å². The van der Waals surface area contributed by atoms with Crippen LogP contribution in [0.1, 0.15) is 12.5 Å². The molecule has 0 aliphatic rings. The Morgan fingerprint density at radius 3 is 2.80 bits per heavy atom. The number of hydrazone groups is 1. The van der Waals surface area contributed by atoms with Crippen LogP contribution in [-0.4, -0.2) is 10.8 Å². The van der Waals surface area contributed by atoms with E-state index < -0.39 is 0 Å². The molecule has 0 atom stereocenters. The normalized spacial score (nSPS) is 11.3. The van der Waals surface area contributed by atoms with Crippen molar-refractivity contribution in [2.45, 2.75) is 6.92 Å². The second kappa shape index (κ2) is 5.44. The van der Waals surface area contributed by atoms with E-state index in [1.165, 1.54) is 0 Å². The van der Waals surface area contributed by atoms with Gasteiger partial charge in [0.15, 0.2) is 5.11 Å². The summed E-state index contributed by atoms with van der Waals surface area (Å²) in [6, 6.07) is 5.56. The van der Waals surface area contributed by atoms with Gasteiger partial charge in [-0.1, -0.05) is 33.6 Å². The Kier molecular flexibility index (Phi) is 4.50. The average Bonchev–Trinajstić information content (AvgIpc) is 2.14. The first-order valence-electron chi connectivity index (χ1n) is 4.06. The standard InChI is InChI=1S/C9H9BrClN3S/c1-5(13-14-9(12)15)7-3-2-6(10)4-8(7)11/h2-4H,1H3,(H3,12,14,15)/b13-5-. The van der Waals surface area contributed by atoms with Crippen molar-refractivity contribution in [1.82, 2.24) is 5.43 Å². The molecule has 15 heavy (non-hydrogen) atoms. The number of rotatable bonds is 2. The first-order valence-corrected chi connectivity index (χ1v) is 5.64. The van der Waals surface area contributed by atoms with Gasteiger partial charge in [0.05, 0.1) is 10.7 Å². The molecule has 1 aromatic rings. The largest absolute Gasteiger partial charge is 0.375 e. The summed E-state index contributed by atoms with van der Waals surface area (Å²) >= 11 is 14.0. The van der Waals surface area contributed by atoms with Gasteiger partial charge in [-0.15, -0.1) is 0 Å². The second-order valence-electron chi connectivity index (χ2n) is 2.80. The third-order valence-corrected chi connectivity index (χ3v) is 2.55. The molecule has 1 rings (SSSR count). The fourth-order valence-corrected chi connectivity index (χ4v) is 1.84. The van der Waals surface area contributed by atoms with Gasteiger partial charge in [0.1, 0.15) is 0 Å². The van der Waals surface area contributed by atoms with Gasteiger partial charge >= 0.3 is 0 Å². The molecule has 3 nitrogen and oxygen atoms in total. The van der Waals surface area contributed by atoms with Crippen molar-refractivity contribution in [3.63, 3.8) is 0 Å². The Labute approximate surface area is 107 Å². The topological polar surface area (TPSA) is 50.4 Å². The number of benzene rings is 1. The lowest BCUT2D eigenvalue weighted by Gasteiger charge is -2.04. The molecule has 0 spiro atoms. The Morgan fingerprint density at radius 2 is 2.27 bits per heavy atom. The lowest BCUT2D eigenvalue weighted by Crippen LogP contribution is -2.25. The molecule has 0 saturated carbocycles. The van der Waals surface area contributed by atoms with Crippen molar-refractivity contribution in [2.24, 2.45) is 10.8 Å². The van der Waals surface area contributed by atoms with Crippen LogP contribution in [0.15, 0.2) is 27.8 Å². The molecule has 6 heteroatoms. The zero-order valence-electron chi connectivity index (χ0n) is 7.92. The zero-order valence-corrected chi connectivity index (χ0v) is 11.1. The lowest BCUT2D eigenvalue weighted by molar-refractivity contribution is 1.03. The second-order valence-corrected chi connectivity index (χ2v) is 4.56. The summed E-state index contributed by atoms with van der Waals surface area (Å²) in [7, 11) is 0. The minimum absolute atomic E-state index is 0.127. The summed E-state index contributed by atoms with van der Waals surface area (Å²) in [5, 5.41) is 4.73. The number of nitrogens with two attached hydrogens (primary N) is 1. The smallest absolute Gasteiger partial charge is 0.184 e. The maximum Gasteiger partial charge on any atom is 0.184 e. The Hall–Kier alpha value is -0.650. The van der Waals surface area contributed by atoms with Crippen LogP contribution in [0.4, 0.5) is 0 Å². The summed E-state index contributed by atoms with van der Waals surface area (Å²) < 4.78 is 0.923. The number of nitrogens with one attached hydrogen (secondary N) is 1. The van der Waals surface area contributed by atoms with Gasteiger partial charge in [0, 0.05) is 10.0 Å². The molecule has 0 amide bonds. The van der Waals surface area contributed by atoms with Gasteiger partial charge in [-0.2, -0.15) is 5.10 Å². The predicted octanol–water partition coefficient (Wildman–Crippen LogP) is 2.66. The Balaban J connectivity index is 2.95. The molecular weight excluding hydrogens is 298 g/mol. The van der Waals surface area contributed by atoms with Gasteiger partial charge in [0.25, 0.3) is 0 Å². The fourth-order valence-electron chi connectivity index (χ4n) is 0.982. The highest BCUT2D eigenvalue weighted by atomic mass is 79.9. The number of nitrogens with zero attached hydrogens (tertiary/aromatic N) is 1. The van der Waals surface area contributed by atoms with Gasteiger partial charge < -0.3 is 5.73 Å². The summed E-state index contributed by atoms with van der Waals surface area (Å²) in [4.78, 5) is 0. The Morgan fingerprint density at radius 1 is 1.60 bits per heavy atom. The van der Waals surface area contributed by atoms with Crippen LogP contribution in [0.25, 0.3) is 0 Å². The molecule has 0 heterocycles. The molecule has 0 fully saturated rings. The van der Waals surface area contributed by atoms with E-state index in [1.807, 2.05) is 19.1 Å². The first-order chi connectivity index (χ1) is 7.00. The molecule has 0 aromatic heterocycles. The van der Waals surface area contributed by atoms with Crippen LogP contribution in [0.3, 0.4) is 0 Å². The Bertz CT molecular complexity index is 420. The van der Waals surface area contributed by atoms with Crippen molar-refractivity contribution in [3.8, 4) is 0 Å². The maximum atomic E-state index is 6.04. The highest BCUT2D eigenvalue weighted by molar-refractivity contribution is 9.10. The van der Waals surface area contributed by atoms with E-state index in [0.29, 0.717) is 5.02 Å². The summed E-state index contributed by atoms with van der Waals surface area (Å²) in [6.07, 6.45) is 0. The van der Waals surface area contributed by atoms with Crippen LogP contribution in [0.5, 0.6) is 0 Å². The molecule has 0 bridgehead atoms. The van der Waals surface area contributed by atoms with Crippen LogP contribution < -0.4 is 11.2 Å². The van der Waals surface area contributed by atoms with Crippen LogP contribution in [0, 0.1) is 0 Å². The fraction of sp³-hybridized carbons (Fsp3) is 0.111. The summed E-state index contributed by atoms with van der Waals surface area (Å²) in [5.41, 5.74) is 9.33. The number of hydrogen-bond donors (Lipinski definition) is 2. The van der Waals surface area contributed by atoms with Gasteiger partial charge in [-0.05, 0) is 31.3 Å². The monoisotopic (exact) mass is 305 g/mol. The molecule has 0 aliphatic heterocycles. The van der Waals surface area contributed by atoms with Gasteiger partial charge in [-0.25, -0.2) is 0 Å². The van der Waals surface area contributed by atoms with E-state index in [0.717, 1.165) is 15.7 Å². The molecule has 3 N–H and O–H groups in total. The molecule has 1 aromatic carbocycles. The first kappa shape index (κ1) is 12.4. The number of thiocarbonyl (C=S) groups is 1. The third kappa shape index (κ3) is 3.77. The van der Waals surface area contributed by atoms with Crippen molar-refractivity contribution in [1.29, 1.82) is 0 Å². The van der Waals surface area contributed by atoms with Crippen molar-refractivity contribution < 1.29 is 0 Å². The van der Waals surface area contributed by atoms with E-state index in [9.17, 15) is 0 Å². The van der Waals surface area contributed by atoms with E-state index in [4.69, 9.17) is 17.3 Å². The maximum absolute atomic E-state index is 6.04. The lowest BCUT2D eigenvalue weighted by atomic mass is 10.1. The summed E-state index contributed by atoms with van der Waals surface area (Å²) in [5.74, 6) is 0. The van der Waals surface area contributed by atoms with E-state index >= 15 is 0 Å². The van der Waals surface area contributed by atoms with Crippen LogP contribution in [0.2, 0.25) is 5.02 Å². The highest BCUT2D eigenvalue weighted by Crippen LogP contribution is 2.21. The van der Waals surface area contributed by atoms with E-state index in [2.05, 4.69) is 38.7 Å². The quantitative estimate of drug-likeness (QED) is 0.502. The van der Waals surface area contributed by atoms with E-state index in [-0.39, 0.29) is 5.11 Å². The SMILES string of the molecule is C/C(=N/NC(N)=S)c1ccc(Br)cc1Cl. The minimum atomic E-state index is 0.127. The minimum Gasteiger partial charge on any atom is -0.375 e. The summed E-state index contributed by atoms with van der Waals surface area (Å²) in [6.45, 7) is 1.82. The average molecular weight is 307 g/mol. The van der Waals surface area contributed by atoms with Crippen molar-refractivity contribution >= 4 is 50.6 Å². The third-order valence-electron chi connectivity index (χ3n) is 1.65. The van der Waals surface area contributed by atoms with Crippen LogP contribution >= 0.6 is 39.7 Å². The van der Waals surface area contributed by atoms with E-state index in [1.54, 1.807) is 6.07 Å².